The molecule has 0 aliphatic rings. The molecule has 2 rings (SSSR count). The summed E-state index contributed by atoms with van der Waals surface area (Å²) >= 11 is 7.78. The molecule has 0 bridgehead atoms. The summed E-state index contributed by atoms with van der Waals surface area (Å²) in [7, 11) is -4.92. The van der Waals surface area contributed by atoms with Crippen LogP contribution in [-0.2, 0) is 10.2 Å². The predicted octanol–water partition coefficient (Wildman–Crippen LogP) is 3.86. The lowest BCUT2D eigenvalue weighted by atomic mass is 10.2. The molecule has 0 heterocycles. The maximum absolute atomic E-state index is 13.2. The van der Waals surface area contributed by atoms with Crippen molar-refractivity contribution in [3.05, 3.63) is 56.6 Å². The lowest BCUT2D eigenvalue weighted by molar-refractivity contribution is 0.102. The molecule has 0 unspecified atom stereocenters. The van der Waals surface area contributed by atoms with Gasteiger partial charge >= 0.3 is 10.2 Å². The van der Waals surface area contributed by atoms with Crippen molar-refractivity contribution in [1.29, 1.82) is 0 Å². The minimum Gasteiger partial charge on any atom is -0.321 e. The van der Waals surface area contributed by atoms with Gasteiger partial charge in [0, 0.05) is 8.59 Å². The Morgan fingerprint density at radius 3 is 2.52 bits per heavy atom. The van der Waals surface area contributed by atoms with Gasteiger partial charge in [-0.3, -0.25) is 4.79 Å². The molecule has 0 aliphatic carbocycles. The third-order valence-corrected chi connectivity index (χ3v) is 4.63. The fourth-order valence-electron chi connectivity index (χ4n) is 1.64. The molecular formula is C13H8ClFINO3S. The summed E-state index contributed by atoms with van der Waals surface area (Å²) in [5, 5.41) is 2.75. The number of rotatable bonds is 3. The fraction of sp³-hybridized carbons (Fsp3) is 0. The van der Waals surface area contributed by atoms with E-state index < -0.39 is 21.0 Å². The van der Waals surface area contributed by atoms with Gasteiger partial charge in [0.05, 0.1) is 11.3 Å². The highest BCUT2D eigenvalue weighted by Gasteiger charge is 2.19. The molecule has 4 nitrogen and oxygen atoms in total. The highest BCUT2D eigenvalue weighted by molar-refractivity contribution is 14.1. The fourth-order valence-corrected chi connectivity index (χ4v) is 3.02. The summed E-state index contributed by atoms with van der Waals surface area (Å²) in [5.41, 5.74) is 0.148. The Kier molecular flexibility index (Phi) is 4.84. The summed E-state index contributed by atoms with van der Waals surface area (Å²) in [4.78, 5) is 11.6. The number of benzene rings is 2. The van der Waals surface area contributed by atoms with Crippen LogP contribution in [-0.4, -0.2) is 14.3 Å². The largest absolute Gasteiger partial charge is 0.334 e. The zero-order chi connectivity index (χ0) is 15.6. The van der Waals surface area contributed by atoms with Gasteiger partial charge in [-0.2, -0.15) is 8.42 Å². The summed E-state index contributed by atoms with van der Waals surface area (Å²) in [6, 6.07) is 9.97. The van der Waals surface area contributed by atoms with E-state index in [4.69, 9.17) is 11.6 Å². The Balaban J connectivity index is 2.39. The first-order chi connectivity index (χ1) is 9.79. The van der Waals surface area contributed by atoms with Crippen LogP contribution < -0.4 is 5.32 Å². The third kappa shape index (κ3) is 3.92. The molecule has 2 aromatic rings. The van der Waals surface area contributed by atoms with E-state index in [0.29, 0.717) is 8.59 Å². The molecule has 0 fully saturated rings. The Morgan fingerprint density at radius 2 is 1.86 bits per heavy atom. The van der Waals surface area contributed by atoms with Crippen molar-refractivity contribution in [1.82, 2.24) is 0 Å². The molecule has 0 radical (unpaired) electrons. The van der Waals surface area contributed by atoms with Gasteiger partial charge in [0.15, 0.2) is 0 Å². The normalized spacial score (nSPS) is 11.2. The lowest BCUT2D eigenvalue weighted by Gasteiger charge is -2.09. The highest BCUT2D eigenvalue weighted by atomic mass is 127. The van der Waals surface area contributed by atoms with Gasteiger partial charge < -0.3 is 5.32 Å². The number of amides is 1. The van der Waals surface area contributed by atoms with Crippen molar-refractivity contribution in [2.45, 2.75) is 4.90 Å². The van der Waals surface area contributed by atoms with Crippen LogP contribution >= 0.6 is 34.2 Å². The molecule has 0 spiro atoms. The van der Waals surface area contributed by atoms with Gasteiger partial charge in [-0.05, 0) is 52.9 Å². The van der Waals surface area contributed by atoms with Crippen LogP contribution in [0.4, 0.5) is 9.57 Å². The maximum Gasteiger partial charge on any atom is 0.334 e. The van der Waals surface area contributed by atoms with Crippen molar-refractivity contribution in [2.75, 3.05) is 5.32 Å². The number of halogens is 3. The molecule has 0 saturated heterocycles. The molecule has 110 valence electrons. The van der Waals surface area contributed by atoms with Crippen molar-refractivity contribution in [3.63, 3.8) is 0 Å². The van der Waals surface area contributed by atoms with Crippen LogP contribution in [0.1, 0.15) is 10.4 Å². The van der Waals surface area contributed by atoms with E-state index >= 15 is 0 Å². The first kappa shape index (κ1) is 16.2. The van der Waals surface area contributed by atoms with Crippen molar-refractivity contribution >= 4 is 56.0 Å². The van der Waals surface area contributed by atoms with Crippen LogP contribution in [0.25, 0.3) is 0 Å². The predicted molar refractivity (Wildman–Crippen MR) is 86.9 cm³/mol. The van der Waals surface area contributed by atoms with Crippen LogP contribution in [0.3, 0.4) is 0 Å². The van der Waals surface area contributed by atoms with Gasteiger partial charge in [-0.15, -0.1) is 3.89 Å². The number of anilines is 1. The molecular weight excluding hydrogens is 432 g/mol. The van der Waals surface area contributed by atoms with Gasteiger partial charge in [0.2, 0.25) is 0 Å². The van der Waals surface area contributed by atoms with Crippen LogP contribution in [0.15, 0.2) is 47.4 Å². The Bertz CT molecular complexity index is 811. The van der Waals surface area contributed by atoms with Crippen LogP contribution in [0.2, 0.25) is 5.02 Å². The van der Waals surface area contributed by atoms with Gasteiger partial charge in [0.25, 0.3) is 5.91 Å². The van der Waals surface area contributed by atoms with E-state index in [1.807, 2.05) is 22.6 Å². The van der Waals surface area contributed by atoms with Gasteiger partial charge in [0.1, 0.15) is 4.90 Å². The number of carbonyl (C=O) groups is 1. The number of carbonyl (C=O) groups excluding carboxylic acids is 1. The average molecular weight is 440 g/mol. The van der Waals surface area contributed by atoms with E-state index in [9.17, 15) is 17.1 Å². The first-order valence-electron chi connectivity index (χ1n) is 5.59. The van der Waals surface area contributed by atoms with E-state index in [1.165, 1.54) is 24.3 Å². The Labute approximate surface area is 139 Å². The first-order valence-corrected chi connectivity index (χ1v) is 8.43. The highest BCUT2D eigenvalue weighted by Crippen LogP contribution is 2.24. The van der Waals surface area contributed by atoms with E-state index in [1.54, 1.807) is 12.1 Å². The van der Waals surface area contributed by atoms with Crippen molar-refractivity contribution in [3.8, 4) is 0 Å². The van der Waals surface area contributed by atoms with Crippen LogP contribution in [0, 0.1) is 3.57 Å². The van der Waals surface area contributed by atoms with Crippen LogP contribution in [0.5, 0.6) is 0 Å². The average Bonchev–Trinajstić information content (AvgIpc) is 2.41. The molecule has 1 amide bonds. The zero-order valence-corrected chi connectivity index (χ0v) is 14.0. The maximum atomic E-state index is 13.2. The topological polar surface area (TPSA) is 63.2 Å². The zero-order valence-electron chi connectivity index (χ0n) is 10.3. The van der Waals surface area contributed by atoms with Gasteiger partial charge in [-0.25, -0.2) is 0 Å². The smallest absolute Gasteiger partial charge is 0.321 e. The SMILES string of the molecule is O=C(Nc1ccccc1S(=O)(=O)F)c1cc(Cl)ccc1I. The summed E-state index contributed by atoms with van der Waals surface area (Å²) in [6.07, 6.45) is 0. The summed E-state index contributed by atoms with van der Waals surface area (Å²) in [5.74, 6) is -0.571. The minimum atomic E-state index is -4.92. The molecule has 0 atom stereocenters. The minimum absolute atomic E-state index is 0.124. The second-order valence-electron chi connectivity index (χ2n) is 4.01. The third-order valence-electron chi connectivity index (χ3n) is 2.57. The molecule has 0 aromatic heterocycles. The standard InChI is InChI=1S/C13H8ClFINO3S/c14-8-5-6-10(16)9(7-8)13(18)17-11-3-1-2-4-12(11)21(15,19)20/h1-7H,(H,17,18). The Morgan fingerprint density at radius 1 is 1.19 bits per heavy atom. The molecule has 0 aliphatic heterocycles. The lowest BCUT2D eigenvalue weighted by Crippen LogP contribution is -2.15. The molecule has 2 aromatic carbocycles. The molecule has 21 heavy (non-hydrogen) atoms. The number of nitrogens with one attached hydrogen (secondary N) is 1. The second-order valence-corrected chi connectivity index (χ2v) is 6.93. The van der Waals surface area contributed by atoms with E-state index in [0.717, 1.165) is 6.07 Å². The summed E-state index contributed by atoms with van der Waals surface area (Å²) < 4.78 is 35.9. The second kappa shape index (κ2) is 6.29. The van der Waals surface area contributed by atoms with Gasteiger partial charge in [-0.1, -0.05) is 23.7 Å². The number of para-hydroxylation sites is 1. The Hall–Kier alpha value is -1.19. The van der Waals surface area contributed by atoms with Crippen molar-refractivity contribution in [2.24, 2.45) is 0 Å². The van der Waals surface area contributed by atoms with Crippen molar-refractivity contribution < 1.29 is 17.1 Å². The monoisotopic (exact) mass is 439 g/mol. The molecule has 1 N–H and O–H groups in total. The van der Waals surface area contributed by atoms with E-state index in [-0.39, 0.29) is 11.3 Å². The van der Waals surface area contributed by atoms with E-state index in [2.05, 4.69) is 5.32 Å². The number of hydrogen-bond acceptors (Lipinski definition) is 3. The quantitative estimate of drug-likeness (QED) is 0.584. The molecule has 8 heteroatoms. The summed E-state index contributed by atoms with van der Waals surface area (Å²) in [6.45, 7) is 0. The molecule has 0 saturated carbocycles. The number of hydrogen-bond donors (Lipinski definition) is 1.